The van der Waals surface area contributed by atoms with Crippen molar-refractivity contribution in [2.45, 2.75) is 38.1 Å². The molecule has 2 fully saturated rings. The number of benzene rings is 1. The van der Waals surface area contributed by atoms with Gasteiger partial charge in [-0.05, 0) is 66.5 Å². The van der Waals surface area contributed by atoms with E-state index in [9.17, 15) is 23.2 Å². The number of carbonyl (C=O) groups is 3. The van der Waals surface area contributed by atoms with Crippen LogP contribution in [-0.2, 0) is 14.4 Å². The molecule has 0 spiro atoms. The number of aliphatic carboxylic acids is 1. The Bertz CT molecular complexity index is 1210. The van der Waals surface area contributed by atoms with Crippen molar-refractivity contribution < 1.29 is 28.3 Å². The van der Waals surface area contributed by atoms with Crippen molar-refractivity contribution in [1.29, 1.82) is 0 Å². The number of carbonyl (C=O) groups excluding carboxylic acids is 2. The highest BCUT2D eigenvalue weighted by Crippen LogP contribution is 2.39. The summed E-state index contributed by atoms with van der Waals surface area (Å²) >= 11 is 8.10. The van der Waals surface area contributed by atoms with Gasteiger partial charge < -0.3 is 10.4 Å². The molecule has 0 radical (unpaired) electrons. The van der Waals surface area contributed by atoms with Gasteiger partial charge in [-0.15, -0.1) is 11.3 Å². The zero-order valence-corrected chi connectivity index (χ0v) is 20.9. The quantitative estimate of drug-likeness (QED) is 0.381. The summed E-state index contributed by atoms with van der Waals surface area (Å²) in [6.45, 7) is 0.105. The Hall–Kier alpha value is -2.63. The normalized spacial score (nSPS) is 21.5. The second kappa shape index (κ2) is 11.0. The Morgan fingerprint density at radius 1 is 1.14 bits per heavy atom. The van der Waals surface area contributed by atoms with E-state index in [4.69, 9.17) is 17.3 Å². The molecule has 184 valence electrons. The molecular weight excluding hydrogens is 514 g/mol. The van der Waals surface area contributed by atoms with E-state index in [1.54, 1.807) is 11.0 Å². The number of thioether (sulfide) groups is 1. The second-order valence-corrected chi connectivity index (χ2v) is 11.0. The van der Waals surface area contributed by atoms with Gasteiger partial charge in [0.1, 0.15) is 4.32 Å². The van der Waals surface area contributed by atoms with Crippen molar-refractivity contribution in [2.24, 2.45) is 5.92 Å². The van der Waals surface area contributed by atoms with Gasteiger partial charge in [-0.25, -0.2) is 8.78 Å². The lowest BCUT2D eigenvalue weighted by Crippen LogP contribution is -2.43. The van der Waals surface area contributed by atoms with Crippen LogP contribution >= 0.6 is 35.3 Å². The lowest BCUT2D eigenvalue weighted by atomic mass is 9.85. The van der Waals surface area contributed by atoms with Gasteiger partial charge in [-0.2, -0.15) is 0 Å². The van der Waals surface area contributed by atoms with Gasteiger partial charge in [-0.3, -0.25) is 19.3 Å². The number of halogens is 2. The summed E-state index contributed by atoms with van der Waals surface area (Å²) < 4.78 is 27.3. The van der Waals surface area contributed by atoms with Gasteiger partial charge in [0.2, 0.25) is 5.91 Å². The summed E-state index contributed by atoms with van der Waals surface area (Å²) in [5.41, 5.74) is 1.28. The number of hydrogen-bond donors (Lipinski definition) is 2. The average molecular weight is 537 g/mol. The number of carboxylic acid groups (broad SMARTS) is 1. The van der Waals surface area contributed by atoms with Crippen LogP contribution in [0.1, 0.15) is 37.0 Å². The number of thiocarbonyl (C=S) groups is 1. The minimum absolute atomic E-state index is 0.0856. The molecule has 2 heterocycles. The predicted molar refractivity (Wildman–Crippen MR) is 136 cm³/mol. The van der Waals surface area contributed by atoms with Gasteiger partial charge in [0.05, 0.1) is 11.3 Å². The number of carboxylic acids is 1. The van der Waals surface area contributed by atoms with Crippen LogP contribution in [0.5, 0.6) is 0 Å². The molecular formula is C24H22F2N2O4S3. The highest BCUT2D eigenvalue weighted by molar-refractivity contribution is 8.26. The number of nitrogens with zero attached hydrogens (tertiary/aromatic N) is 1. The fourth-order valence-corrected chi connectivity index (χ4v) is 6.53. The topological polar surface area (TPSA) is 86.7 Å². The molecule has 1 saturated carbocycles. The first-order chi connectivity index (χ1) is 16.7. The van der Waals surface area contributed by atoms with E-state index in [1.165, 1.54) is 29.2 Å². The van der Waals surface area contributed by atoms with Gasteiger partial charge in [0.15, 0.2) is 11.6 Å². The largest absolute Gasteiger partial charge is 0.481 e. The third-order valence-corrected chi connectivity index (χ3v) is 8.25. The molecule has 6 nitrogen and oxygen atoms in total. The monoisotopic (exact) mass is 536 g/mol. The summed E-state index contributed by atoms with van der Waals surface area (Å²) in [5, 5.41) is 13.2. The van der Waals surface area contributed by atoms with Crippen LogP contribution < -0.4 is 5.32 Å². The van der Waals surface area contributed by atoms with Gasteiger partial charge in [-0.1, -0.05) is 30.0 Å². The van der Waals surface area contributed by atoms with Crippen molar-refractivity contribution in [1.82, 2.24) is 10.2 Å². The molecule has 1 aromatic heterocycles. The fraction of sp³-hybridized carbons (Fsp3) is 0.333. The summed E-state index contributed by atoms with van der Waals surface area (Å²) in [7, 11) is 0. The third kappa shape index (κ3) is 5.96. The minimum Gasteiger partial charge on any atom is -0.481 e. The molecule has 35 heavy (non-hydrogen) atoms. The maximum atomic E-state index is 13.6. The Kier molecular flexibility index (Phi) is 7.98. The Morgan fingerprint density at radius 3 is 2.57 bits per heavy atom. The molecule has 2 amide bonds. The number of amides is 2. The zero-order valence-electron chi connectivity index (χ0n) is 18.5. The number of hydrogen-bond acceptors (Lipinski definition) is 6. The molecule has 1 aromatic carbocycles. The number of thiophene rings is 1. The molecule has 2 aliphatic rings. The molecule has 2 aromatic rings. The summed E-state index contributed by atoms with van der Waals surface area (Å²) in [4.78, 5) is 38.9. The zero-order chi connectivity index (χ0) is 25.1. The molecule has 2 N–H and O–H groups in total. The van der Waals surface area contributed by atoms with Crippen LogP contribution in [0.3, 0.4) is 0 Å². The molecule has 1 aliphatic heterocycles. The highest BCUT2D eigenvalue weighted by atomic mass is 32.2. The number of nitrogens with one attached hydrogen (secondary N) is 1. The van der Waals surface area contributed by atoms with Crippen LogP contribution in [0.4, 0.5) is 8.78 Å². The summed E-state index contributed by atoms with van der Waals surface area (Å²) in [5.74, 6) is -3.29. The van der Waals surface area contributed by atoms with Crippen molar-refractivity contribution in [3.8, 4) is 11.1 Å². The first-order valence-corrected chi connectivity index (χ1v) is 13.1. The maximum Gasteiger partial charge on any atom is 0.305 e. The number of rotatable bonds is 7. The fourth-order valence-electron chi connectivity index (χ4n) is 4.21. The minimum atomic E-state index is -0.959. The van der Waals surface area contributed by atoms with E-state index in [2.05, 4.69) is 5.32 Å². The van der Waals surface area contributed by atoms with Crippen LogP contribution in [0.25, 0.3) is 17.2 Å². The maximum absolute atomic E-state index is 13.6. The van der Waals surface area contributed by atoms with E-state index in [1.807, 2.05) is 11.4 Å². The molecule has 0 atom stereocenters. The molecule has 0 unspecified atom stereocenters. The van der Waals surface area contributed by atoms with Gasteiger partial charge >= 0.3 is 5.97 Å². The van der Waals surface area contributed by atoms with E-state index in [0.29, 0.717) is 40.5 Å². The smallest absolute Gasteiger partial charge is 0.305 e. The van der Waals surface area contributed by atoms with Crippen LogP contribution in [0.15, 0.2) is 34.6 Å². The lowest BCUT2D eigenvalue weighted by molar-refractivity contribution is -0.137. The van der Waals surface area contributed by atoms with Crippen LogP contribution in [0, 0.1) is 17.6 Å². The van der Waals surface area contributed by atoms with Crippen molar-refractivity contribution in [3.05, 3.63) is 51.1 Å². The third-order valence-electron chi connectivity index (χ3n) is 6.04. The van der Waals surface area contributed by atoms with Crippen LogP contribution in [-0.4, -0.2) is 44.7 Å². The Morgan fingerprint density at radius 2 is 1.89 bits per heavy atom. The molecule has 11 heteroatoms. The predicted octanol–water partition coefficient (Wildman–Crippen LogP) is 5.04. The van der Waals surface area contributed by atoms with E-state index in [0.717, 1.165) is 22.6 Å². The Balaban J connectivity index is 1.37. The second-order valence-electron chi connectivity index (χ2n) is 8.36. The lowest BCUT2D eigenvalue weighted by Gasteiger charge is -2.33. The van der Waals surface area contributed by atoms with Crippen molar-refractivity contribution in [2.75, 3.05) is 6.54 Å². The van der Waals surface area contributed by atoms with Crippen molar-refractivity contribution >= 4 is 63.5 Å². The molecule has 4 rings (SSSR count). The standard InChI is InChI=1S/C24H22F2N2O4S3/c25-18-6-3-14(10-19(18)26)15-9-17(34-12-15)11-20-23(32)28(24(33)35-20)16-4-1-13(2-5-16)22(31)27-8-7-21(29)30/h3,6,9-13,16H,1-2,4-5,7-8H2,(H,27,31)(H,29,30)/b20-11-. The molecule has 1 saturated heterocycles. The van der Waals surface area contributed by atoms with E-state index < -0.39 is 17.6 Å². The van der Waals surface area contributed by atoms with Crippen LogP contribution in [0.2, 0.25) is 0 Å². The first-order valence-electron chi connectivity index (χ1n) is 11.0. The van der Waals surface area contributed by atoms with Gasteiger partial charge in [0, 0.05) is 23.4 Å². The van der Waals surface area contributed by atoms with Crippen molar-refractivity contribution in [3.63, 3.8) is 0 Å². The molecule has 0 bridgehead atoms. The van der Waals surface area contributed by atoms with Gasteiger partial charge in [0.25, 0.3) is 5.91 Å². The highest BCUT2D eigenvalue weighted by Gasteiger charge is 2.39. The summed E-state index contributed by atoms with van der Waals surface area (Å²) in [6, 6.07) is 5.47. The SMILES string of the molecule is O=C(O)CCNC(=O)C1CCC(N2C(=O)/C(=C/c3cc(-c4ccc(F)c(F)c4)cs3)SC2=S)CC1. The molecule has 1 aliphatic carbocycles. The Labute approximate surface area is 214 Å². The average Bonchev–Trinajstić information content (AvgIpc) is 3.39. The van der Waals surface area contributed by atoms with E-state index in [-0.39, 0.29) is 36.7 Å². The first kappa shape index (κ1) is 25.5. The summed E-state index contributed by atoms with van der Waals surface area (Å²) in [6.07, 6.45) is 4.11. The van der Waals surface area contributed by atoms with E-state index >= 15 is 0 Å².